The molecule has 0 heterocycles. The van der Waals surface area contributed by atoms with Crippen LogP contribution in [0.15, 0.2) is 11.8 Å². The Morgan fingerprint density at radius 1 is 1.09 bits per heavy atom. The smallest absolute Gasteiger partial charge is 0.0738 e. The SMILES string of the molecule is CCC/C=C/[Si](C)(CC)CC. The highest BCUT2D eigenvalue weighted by atomic mass is 28.3. The molecule has 66 valence electrons. The molecule has 0 atom stereocenters. The molecule has 0 saturated carbocycles. The Hall–Kier alpha value is -0.0431. The highest BCUT2D eigenvalue weighted by Gasteiger charge is 2.17. The molecule has 0 aromatic rings. The maximum Gasteiger partial charge on any atom is 0.0738 e. The molecule has 0 aliphatic heterocycles. The summed E-state index contributed by atoms with van der Waals surface area (Å²) in [6.07, 6.45) is 4.94. The van der Waals surface area contributed by atoms with Crippen LogP contribution in [0.4, 0.5) is 0 Å². The van der Waals surface area contributed by atoms with E-state index in [0.29, 0.717) is 0 Å². The highest BCUT2D eigenvalue weighted by Crippen LogP contribution is 2.16. The molecular weight excluding hydrogens is 148 g/mol. The Labute approximate surface area is 72.7 Å². The van der Waals surface area contributed by atoms with Crippen LogP contribution in [0.25, 0.3) is 0 Å². The van der Waals surface area contributed by atoms with E-state index < -0.39 is 8.07 Å². The van der Waals surface area contributed by atoms with Gasteiger partial charge in [-0.25, -0.2) is 0 Å². The third-order valence-electron chi connectivity index (χ3n) is 2.59. The molecule has 0 aliphatic rings. The minimum absolute atomic E-state index is 0.915. The largest absolute Gasteiger partial charge is 0.0984 e. The average Bonchev–Trinajstić information content (AvgIpc) is 2.05. The summed E-state index contributed by atoms with van der Waals surface area (Å²) in [4.78, 5) is 0. The van der Waals surface area contributed by atoms with E-state index in [4.69, 9.17) is 0 Å². The zero-order valence-electron chi connectivity index (χ0n) is 8.48. The molecule has 0 fully saturated rings. The zero-order valence-corrected chi connectivity index (χ0v) is 9.48. The maximum atomic E-state index is 2.52. The summed E-state index contributed by atoms with van der Waals surface area (Å²) in [5.41, 5.74) is 2.52. The van der Waals surface area contributed by atoms with Gasteiger partial charge in [-0.15, -0.1) is 0 Å². The number of unbranched alkanes of at least 4 members (excludes halogenated alkanes) is 1. The molecule has 11 heavy (non-hydrogen) atoms. The van der Waals surface area contributed by atoms with Crippen molar-refractivity contribution < 1.29 is 0 Å². The fraction of sp³-hybridized carbons (Fsp3) is 0.800. The van der Waals surface area contributed by atoms with Crippen LogP contribution in [0.1, 0.15) is 33.6 Å². The maximum absolute atomic E-state index is 2.52. The van der Waals surface area contributed by atoms with Crippen LogP contribution < -0.4 is 0 Å². The van der Waals surface area contributed by atoms with Crippen molar-refractivity contribution in [1.29, 1.82) is 0 Å². The number of allylic oxidation sites excluding steroid dienone is 1. The minimum atomic E-state index is -0.915. The molecule has 0 saturated heterocycles. The van der Waals surface area contributed by atoms with Gasteiger partial charge in [0.05, 0.1) is 8.07 Å². The molecular formula is C10H22Si. The average molecular weight is 170 g/mol. The lowest BCUT2D eigenvalue weighted by Gasteiger charge is -2.18. The zero-order chi connectivity index (χ0) is 8.74. The van der Waals surface area contributed by atoms with E-state index in [1.807, 2.05) is 0 Å². The van der Waals surface area contributed by atoms with Gasteiger partial charge in [-0.2, -0.15) is 0 Å². The molecule has 0 aromatic heterocycles. The van der Waals surface area contributed by atoms with Crippen LogP contribution in [0.3, 0.4) is 0 Å². The van der Waals surface area contributed by atoms with Crippen molar-refractivity contribution in [2.45, 2.75) is 52.2 Å². The van der Waals surface area contributed by atoms with Gasteiger partial charge in [0.2, 0.25) is 0 Å². The van der Waals surface area contributed by atoms with Crippen LogP contribution in [0.2, 0.25) is 18.6 Å². The quantitative estimate of drug-likeness (QED) is 0.547. The highest BCUT2D eigenvalue weighted by molar-refractivity contribution is 6.83. The lowest BCUT2D eigenvalue weighted by molar-refractivity contribution is 0.959. The van der Waals surface area contributed by atoms with Gasteiger partial charge >= 0.3 is 0 Å². The van der Waals surface area contributed by atoms with E-state index in [2.05, 4.69) is 39.1 Å². The first-order chi connectivity index (χ1) is 5.18. The molecule has 1 heteroatoms. The number of rotatable bonds is 5. The number of hydrogen-bond acceptors (Lipinski definition) is 0. The van der Waals surface area contributed by atoms with Gasteiger partial charge in [0, 0.05) is 0 Å². The van der Waals surface area contributed by atoms with Crippen LogP contribution in [0, 0.1) is 0 Å². The third kappa shape index (κ3) is 4.41. The second-order valence-electron chi connectivity index (χ2n) is 3.55. The van der Waals surface area contributed by atoms with E-state index >= 15 is 0 Å². The van der Waals surface area contributed by atoms with Crippen molar-refractivity contribution in [3.63, 3.8) is 0 Å². The number of hydrogen-bond donors (Lipinski definition) is 0. The fourth-order valence-corrected chi connectivity index (χ4v) is 2.73. The summed E-state index contributed by atoms with van der Waals surface area (Å²) in [6.45, 7) is 9.36. The third-order valence-corrected chi connectivity index (χ3v) is 6.86. The second-order valence-corrected chi connectivity index (χ2v) is 8.61. The predicted molar refractivity (Wildman–Crippen MR) is 56.6 cm³/mol. The molecule has 0 rings (SSSR count). The van der Waals surface area contributed by atoms with Gasteiger partial charge < -0.3 is 0 Å². The summed E-state index contributed by atoms with van der Waals surface area (Å²) in [5, 5.41) is 0. The Bertz CT molecular complexity index is 112. The summed E-state index contributed by atoms with van der Waals surface area (Å²) < 4.78 is 0. The van der Waals surface area contributed by atoms with Crippen molar-refractivity contribution in [3.8, 4) is 0 Å². The van der Waals surface area contributed by atoms with Gasteiger partial charge in [0.25, 0.3) is 0 Å². The molecule has 0 amide bonds. The first-order valence-corrected chi connectivity index (χ1v) is 7.85. The van der Waals surface area contributed by atoms with Gasteiger partial charge in [0.15, 0.2) is 0 Å². The first kappa shape index (κ1) is 11.0. The van der Waals surface area contributed by atoms with Crippen LogP contribution in [0.5, 0.6) is 0 Å². The standard InChI is InChI=1S/C10H22Si/c1-5-8-9-10-11(4,6-2)7-3/h9-10H,5-8H2,1-4H3/b10-9+. The van der Waals surface area contributed by atoms with Gasteiger partial charge in [0.1, 0.15) is 0 Å². The Kier molecular flexibility index (Phi) is 5.57. The van der Waals surface area contributed by atoms with Crippen LogP contribution in [-0.2, 0) is 0 Å². The Morgan fingerprint density at radius 3 is 2.00 bits per heavy atom. The van der Waals surface area contributed by atoms with Gasteiger partial charge in [-0.3, -0.25) is 0 Å². The second kappa shape index (κ2) is 5.59. The minimum Gasteiger partial charge on any atom is -0.0984 e. The van der Waals surface area contributed by atoms with E-state index in [0.717, 1.165) is 0 Å². The monoisotopic (exact) mass is 170 g/mol. The topological polar surface area (TPSA) is 0 Å². The molecule has 0 N–H and O–H groups in total. The Balaban J connectivity index is 3.85. The lowest BCUT2D eigenvalue weighted by atomic mass is 10.3. The van der Waals surface area contributed by atoms with Crippen LogP contribution >= 0.6 is 0 Å². The van der Waals surface area contributed by atoms with Crippen molar-refractivity contribution >= 4 is 8.07 Å². The molecule has 0 aliphatic carbocycles. The van der Waals surface area contributed by atoms with Crippen LogP contribution in [-0.4, -0.2) is 8.07 Å². The fourth-order valence-electron chi connectivity index (χ4n) is 1.02. The molecule has 0 aromatic carbocycles. The summed E-state index contributed by atoms with van der Waals surface area (Å²) in [5.74, 6) is 0. The van der Waals surface area contributed by atoms with E-state index in [-0.39, 0.29) is 0 Å². The normalized spacial score (nSPS) is 12.7. The van der Waals surface area contributed by atoms with Gasteiger partial charge in [-0.05, 0) is 6.42 Å². The lowest BCUT2D eigenvalue weighted by Crippen LogP contribution is -2.24. The Morgan fingerprint density at radius 2 is 1.64 bits per heavy atom. The van der Waals surface area contributed by atoms with Crippen molar-refractivity contribution in [1.82, 2.24) is 0 Å². The van der Waals surface area contributed by atoms with E-state index in [1.54, 1.807) is 0 Å². The summed E-state index contributed by atoms with van der Waals surface area (Å²) >= 11 is 0. The predicted octanol–water partition coefficient (Wildman–Crippen LogP) is 4.00. The van der Waals surface area contributed by atoms with Crippen molar-refractivity contribution in [2.24, 2.45) is 0 Å². The van der Waals surface area contributed by atoms with Crippen molar-refractivity contribution in [2.75, 3.05) is 0 Å². The molecule has 0 radical (unpaired) electrons. The molecule has 0 spiro atoms. The van der Waals surface area contributed by atoms with E-state index in [9.17, 15) is 0 Å². The van der Waals surface area contributed by atoms with E-state index in [1.165, 1.54) is 24.9 Å². The van der Waals surface area contributed by atoms with Crippen molar-refractivity contribution in [3.05, 3.63) is 11.8 Å². The molecule has 0 unspecified atom stereocenters. The first-order valence-electron chi connectivity index (χ1n) is 4.86. The van der Waals surface area contributed by atoms with Gasteiger partial charge in [-0.1, -0.05) is 57.6 Å². The molecule has 0 bridgehead atoms. The summed E-state index contributed by atoms with van der Waals surface area (Å²) in [6, 6.07) is 2.79. The summed E-state index contributed by atoms with van der Waals surface area (Å²) in [7, 11) is -0.915. The molecule has 0 nitrogen and oxygen atoms in total.